The molecular formula is C15H19Cl2N3O4S. The second kappa shape index (κ2) is 10.4. The maximum Gasteiger partial charge on any atom is 0.329 e. The van der Waals surface area contributed by atoms with Crippen molar-refractivity contribution in [2.24, 2.45) is 5.73 Å². The van der Waals surface area contributed by atoms with E-state index in [2.05, 4.69) is 10.6 Å². The number of carbonyl (C=O) groups excluding carboxylic acids is 3. The molecule has 0 bridgehead atoms. The number of benzene rings is 1. The minimum absolute atomic E-state index is 0.335. The van der Waals surface area contributed by atoms with Crippen LogP contribution in [0, 0.1) is 0 Å². The van der Waals surface area contributed by atoms with Crippen LogP contribution in [0.2, 0.25) is 10.0 Å². The molecule has 0 saturated heterocycles. The fraction of sp³-hybridized carbons (Fsp3) is 0.400. The number of hydrogen-bond donors (Lipinski definition) is 3. The summed E-state index contributed by atoms with van der Waals surface area (Å²) in [6.45, 7) is 1.41. The van der Waals surface area contributed by atoms with Crippen LogP contribution in [0.15, 0.2) is 18.2 Å². The van der Waals surface area contributed by atoms with Crippen LogP contribution in [-0.4, -0.2) is 42.1 Å². The van der Waals surface area contributed by atoms with E-state index in [4.69, 9.17) is 33.7 Å². The van der Waals surface area contributed by atoms with E-state index in [0.29, 0.717) is 27.9 Å². The Hall–Kier alpha value is -1.64. The highest BCUT2D eigenvalue weighted by Gasteiger charge is 2.25. The fourth-order valence-corrected chi connectivity index (χ4v) is 2.83. The maximum absolute atomic E-state index is 12.1. The summed E-state index contributed by atoms with van der Waals surface area (Å²) in [5.74, 6) is -0.684. The molecule has 0 aliphatic heterocycles. The third-order valence-corrected chi connectivity index (χ3v) is 4.08. The molecule has 138 valence electrons. The van der Waals surface area contributed by atoms with Crippen LogP contribution in [-0.2, 0) is 14.3 Å². The minimum atomic E-state index is -1.09. The molecule has 1 aromatic rings. The number of ether oxygens (including phenoxy) is 1. The van der Waals surface area contributed by atoms with Gasteiger partial charge in [-0.2, -0.15) is 11.8 Å². The van der Waals surface area contributed by atoms with Crippen LogP contribution in [0.1, 0.15) is 13.3 Å². The van der Waals surface area contributed by atoms with E-state index in [1.165, 1.54) is 36.9 Å². The van der Waals surface area contributed by atoms with Crippen LogP contribution < -0.4 is 16.4 Å². The predicted octanol–water partition coefficient (Wildman–Crippen LogP) is 2.65. The second-order valence-electron chi connectivity index (χ2n) is 5.07. The molecule has 10 heteroatoms. The van der Waals surface area contributed by atoms with E-state index in [9.17, 15) is 14.4 Å². The Labute approximate surface area is 159 Å². The van der Waals surface area contributed by atoms with Gasteiger partial charge in [-0.25, -0.2) is 9.59 Å². The first kappa shape index (κ1) is 21.4. The number of nitrogens with two attached hydrogens (primary N) is 1. The van der Waals surface area contributed by atoms with Gasteiger partial charge in [0.25, 0.3) is 5.91 Å². The minimum Gasteiger partial charge on any atom is -0.451 e. The summed E-state index contributed by atoms with van der Waals surface area (Å²) in [7, 11) is 0. The van der Waals surface area contributed by atoms with Crippen molar-refractivity contribution in [3.05, 3.63) is 28.2 Å². The smallest absolute Gasteiger partial charge is 0.329 e. The largest absolute Gasteiger partial charge is 0.451 e. The Balaban J connectivity index is 2.67. The van der Waals surface area contributed by atoms with Crippen LogP contribution in [0.5, 0.6) is 0 Å². The average molecular weight is 408 g/mol. The van der Waals surface area contributed by atoms with Crippen molar-refractivity contribution < 1.29 is 19.1 Å². The first-order valence-electron chi connectivity index (χ1n) is 7.25. The number of hydrogen-bond acceptors (Lipinski definition) is 5. The van der Waals surface area contributed by atoms with Gasteiger partial charge in [-0.3, -0.25) is 4.79 Å². The predicted molar refractivity (Wildman–Crippen MR) is 100 cm³/mol. The average Bonchev–Trinajstić information content (AvgIpc) is 2.49. The summed E-state index contributed by atoms with van der Waals surface area (Å²) in [4.78, 5) is 35.3. The lowest BCUT2D eigenvalue weighted by Crippen LogP contribution is -2.46. The van der Waals surface area contributed by atoms with Crippen molar-refractivity contribution in [1.29, 1.82) is 0 Å². The highest BCUT2D eigenvalue weighted by molar-refractivity contribution is 7.98. The third-order valence-electron chi connectivity index (χ3n) is 3.00. The number of nitrogens with one attached hydrogen (secondary N) is 2. The number of carbonyl (C=O) groups is 3. The Bertz CT molecular complexity index is 625. The molecule has 0 spiro atoms. The van der Waals surface area contributed by atoms with Crippen molar-refractivity contribution >= 4 is 58.6 Å². The monoisotopic (exact) mass is 407 g/mol. The summed E-state index contributed by atoms with van der Waals surface area (Å²) in [5.41, 5.74) is 5.43. The molecule has 0 aliphatic rings. The van der Waals surface area contributed by atoms with E-state index in [0.717, 1.165) is 0 Å². The van der Waals surface area contributed by atoms with Gasteiger partial charge in [-0.15, -0.1) is 0 Å². The molecule has 0 aromatic heterocycles. The number of esters is 1. The zero-order chi connectivity index (χ0) is 19.0. The molecule has 2 atom stereocenters. The zero-order valence-electron chi connectivity index (χ0n) is 13.7. The van der Waals surface area contributed by atoms with Crippen LogP contribution in [0.4, 0.5) is 10.5 Å². The number of amides is 3. The van der Waals surface area contributed by atoms with Gasteiger partial charge in [0.05, 0.1) is 0 Å². The van der Waals surface area contributed by atoms with Crippen molar-refractivity contribution in [1.82, 2.24) is 5.32 Å². The highest BCUT2D eigenvalue weighted by Crippen LogP contribution is 2.22. The number of primary amides is 1. The van der Waals surface area contributed by atoms with Gasteiger partial charge >= 0.3 is 12.0 Å². The number of anilines is 1. The lowest BCUT2D eigenvalue weighted by Gasteiger charge is -2.19. The zero-order valence-corrected chi connectivity index (χ0v) is 16.0. The lowest BCUT2D eigenvalue weighted by atomic mass is 10.2. The molecular weight excluding hydrogens is 389 g/mol. The van der Waals surface area contributed by atoms with Crippen LogP contribution in [0.25, 0.3) is 0 Å². The Kier molecular flexibility index (Phi) is 8.88. The van der Waals surface area contributed by atoms with Gasteiger partial charge in [-0.05, 0) is 43.6 Å². The number of thioether (sulfide) groups is 1. The van der Waals surface area contributed by atoms with E-state index < -0.39 is 30.1 Å². The van der Waals surface area contributed by atoms with Crippen molar-refractivity contribution in [3.63, 3.8) is 0 Å². The van der Waals surface area contributed by atoms with Crippen LogP contribution >= 0.6 is 35.0 Å². The Morgan fingerprint density at radius 3 is 2.36 bits per heavy atom. The number of halogens is 2. The Morgan fingerprint density at radius 2 is 1.84 bits per heavy atom. The number of rotatable bonds is 8. The van der Waals surface area contributed by atoms with Gasteiger partial charge in [-0.1, -0.05) is 23.2 Å². The molecule has 7 nitrogen and oxygen atoms in total. The quantitative estimate of drug-likeness (QED) is 0.573. The number of urea groups is 1. The molecule has 0 aliphatic carbocycles. The third kappa shape index (κ3) is 7.85. The van der Waals surface area contributed by atoms with E-state index >= 15 is 0 Å². The summed E-state index contributed by atoms with van der Waals surface area (Å²) in [5, 5.41) is 5.57. The molecule has 0 unspecified atom stereocenters. The van der Waals surface area contributed by atoms with Gasteiger partial charge in [0, 0.05) is 15.7 Å². The van der Waals surface area contributed by atoms with Gasteiger partial charge in [0.15, 0.2) is 6.10 Å². The van der Waals surface area contributed by atoms with Crippen molar-refractivity contribution in [3.8, 4) is 0 Å². The topological polar surface area (TPSA) is 111 Å². The standard InChI is InChI=1S/C15H19Cl2N3O4S/c1-8(13(21)19-11-6-9(16)5-10(17)7-11)24-14(22)12(3-4-25-2)20-15(18)23/h5-8,12H,3-4H2,1-2H3,(H,19,21)(H3,18,20,23)/t8-,12-/m0/s1. The van der Waals surface area contributed by atoms with E-state index in [-0.39, 0.29) is 0 Å². The Morgan fingerprint density at radius 1 is 1.24 bits per heavy atom. The second-order valence-corrected chi connectivity index (χ2v) is 6.93. The lowest BCUT2D eigenvalue weighted by molar-refractivity contribution is -0.155. The summed E-state index contributed by atoms with van der Waals surface area (Å²) < 4.78 is 5.11. The first-order valence-corrected chi connectivity index (χ1v) is 9.40. The molecule has 1 aromatic carbocycles. The summed E-state index contributed by atoms with van der Waals surface area (Å²) >= 11 is 13.2. The first-order chi connectivity index (χ1) is 11.7. The molecule has 1 rings (SSSR count). The normalized spacial score (nSPS) is 12.8. The highest BCUT2D eigenvalue weighted by atomic mass is 35.5. The molecule has 3 amide bonds. The van der Waals surface area contributed by atoms with Crippen LogP contribution in [0.3, 0.4) is 0 Å². The van der Waals surface area contributed by atoms with Gasteiger partial charge in [0.1, 0.15) is 6.04 Å². The van der Waals surface area contributed by atoms with E-state index in [1.807, 2.05) is 6.26 Å². The summed E-state index contributed by atoms with van der Waals surface area (Å²) in [6.07, 6.45) is 1.11. The maximum atomic E-state index is 12.1. The molecule has 0 saturated carbocycles. The van der Waals surface area contributed by atoms with Crippen molar-refractivity contribution in [2.45, 2.75) is 25.5 Å². The molecule has 0 radical (unpaired) electrons. The molecule has 25 heavy (non-hydrogen) atoms. The molecule has 4 N–H and O–H groups in total. The van der Waals surface area contributed by atoms with Gasteiger partial charge < -0.3 is 21.1 Å². The molecule has 0 fully saturated rings. The van der Waals surface area contributed by atoms with Crippen molar-refractivity contribution in [2.75, 3.05) is 17.3 Å². The van der Waals surface area contributed by atoms with Gasteiger partial charge in [0.2, 0.25) is 0 Å². The summed E-state index contributed by atoms with van der Waals surface area (Å²) in [6, 6.07) is 2.79. The van der Waals surface area contributed by atoms with E-state index in [1.54, 1.807) is 0 Å². The molecule has 0 heterocycles. The fourth-order valence-electron chi connectivity index (χ4n) is 1.84. The SMILES string of the molecule is CSCC[C@H](NC(N)=O)C(=O)O[C@@H](C)C(=O)Nc1cc(Cl)cc(Cl)c1.